The number of anilines is 1. The topological polar surface area (TPSA) is 83.4 Å². The largest absolute Gasteiger partial charge is 0.345 e. The molecule has 0 radical (unpaired) electrons. The second-order valence-electron chi connectivity index (χ2n) is 3.10. The summed E-state index contributed by atoms with van der Waals surface area (Å²) >= 11 is 0. The van der Waals surface area contributed by atoms with Crippen LogP contribution in [-0.4, -0.2) is 0 Å². The second-order valence-corrected chi connectivity index (χ2v) is 3.10. The number of halogens is 2. The fraction of sp³-hybridized carbons (Fsp3) is 0.0833. The number of allylic oxidation sites excluding steroid dienone is 2. The van der Waals surface area contributed by atoms with Crippen molar-refractivity contribution in [2.75, 3.05) is 5.32 Å². The van der Waals surface area contributed by atoms with Gasteiger partial charge in [-0.2, -0.15) is 15.8 Å². The smallest absolute Gasteiger partial charge is 0.265 e. The molecule has 1 rings (SSSR count). The Hall–Kier alpha value is -2.91. The number of para-hydroxylation sites is 1. The molecular weight excluding hydrogens is 238 g/mol. The molecular formula is C12H6F2N4. The van der Waals surface area contributed by atoms with Gasteiger partial charge in [-0.15, -0.1) is 0 Å². The standard InChI is InChI=1S/C12H6F2N4/c13-12(14)9-3-1-2-4-10(9)18-11(7-17)8(5-15)6-16/h1-4,12,18H. The van der Waals surface area contributed by atoms with Gasteiger partial charge in [-0.3, -0.25) is 0 Å². The Bertz CT molecular complexity index is 584. The van der Waals surface area contributed by atoms with Crippen molar-refractivity contribution in [2.45, 2.75) is 6.43 Å². The number of hydrogen-bond acceptors (Lipinski definition) is 4. The number of nitrogens with one attached hydrogen (secondary N) is 1. The van der Waals surface area contributed by atoms with E-state index in [-0.39, 0.29) is 16.9 Å². The molecule has 0 unspecified atom stereocenters. The normalized spacial score (nSPS) is 8.89. The minimum atomic E-state index is -2.72. The Balaban J connectivity index is 3.21. The summed E-state index contributed by atoms with van der Waals surface area (Å²) in [6.45, 7) is 0. The van der Waals surface area contributed by atoms with E-state index in [9.17, 15) is 8.78 Å². The Kier molecular flexibility index (Phi) is 4.37. The number of nitriles is 3. The van der Waals surface area contributed by atoms with E-state index in [0.29, 0.717) is 0 Å². The van der Waals surface area contributed by atoms with Crippen LogP contribution in [0.5, 0.6) is 0 Å². The molecule has 0 aliphatic rings. The van der Waals surface area contributed by atoms with Crippen LogP contribution in [0.25, 0.3) is 0 Å². The van der Waals surface area contributed by atoms with Crippen LogP contribution in [0.2, 0.25) is 0 Å². The van der Waals surface area contributed by atoms with Crippen LogP contribution < -0.4 is 5.32 Å². The third-order valence-corrected chi connectivity index (χ3v) is 2.04. The first-order valence-electron chi connectivity index (χ1n) is 4.72. The molecule has 0 aliphatic heterocycles. The average molecular weight is 244 g/mol. The molecule has 0 heterocycles. The summed E-state index contributed by atoms with van der Waals surface area (Å²) < 4.78 is 25.4. The lowest BCUT2D eigenvalue weighted by Gasteiger charge is -2.09. The predicted molar refractivity (Wildman–Crippen MR) is 58.9 cm³/mol. The fourth-order valence-corrected chi connectivity index (χ4v) is 1.22. The van der Waals surface area contributed by atoms with Gasteiger partial charge in [-0.25, -0.2) is 8.78 Å². The molecule has 0 fully saturated rings. The number of nitrogens with zero attached hydrogens (tertiary/aromatic N) is 3. The van der Waals surface area contributed by atoms with E-state index in [0.717, 1.165) is 0 Å². The SMILES string of the molecule is N#CC(C#N)=C(C#N)Nc1ccccc1C(F)F. The Labute approximate surface area is 102 Å². The van der Waals surface area contributed by atoms with Crippen molar-refractivity contribution in [3.63, 3.8) is 0 Å². The van der Waals surface area contributed by atoms with Gasteiger partial charge < -0.3 is 5.32 Å². The quantitative estimate of drug-likeness (QED) is 0.828. The molecule has 1 aromatic rings. The van der Waals surface area contributed by atoms with Crippen molar-refractivity contribution in [3.8, 4) is 18.2 Å². The maximum atomic E-state index is 12.7. The molecule has 0 saturated carbocycles. The van der Waals surface area contributed by atoms with Gasteiger partial charge in [0, 0.05) is 11.3 Å². The number of hydrogen-bond donors (Lipinski definition) is 1. The van der Waals surface area contributed by atoms with E-state index in [1.54, 1.807) is 6.07 Å². The Morgan fingerprint density at radius 3 is 2.17 bits per heavy atom. The molecule has 0 spiro atoms. The minimum Gasteiger partial charge on any atom is -0.345 e. The van der Waals surface area contributed by atoms with Crippen molar-refractivity contribution >= 4 is 5.69 Å². The molecule has 6 heteroatoms. The van der Waals surface area contributed by atoms with Gasteiger partial charge in [0.15, 0.2) is 5.57 Å². The number of alkyl halides is 2. The number of rotatable bonds is 3. The highest BCUT2D eigenvalue weighted by atomic mass is 19.3. The molecule has 1 aromatic carbocycles. The second kappa shape index (κ2) is 5.98. The molecule has 0 aliphatic carbocycles. The zero-order chi connectivity index (χ0) is 13.5. The highest BCUT2D eigenvalue weighted by molar-refractivity contribution is 5.61. The van der Waals surface area contributed by atoms with Crippen LogP contribution in [0.1, 0.15) is 12.0 Å². The minimum absolute atomic E-state index is 0.00736. The van der Waals surface area contributed by atoms with Crippen molar-refractivity contribution in [2.24, 2.45) is 0 Å². The average Bonchev–Trinajstić information content (AvgIpc) is 2.39. The van der Waals surface area contributed by atoms with E-state index in [1.807, 2.05) is 0 Å². The summed E-state index contributed by atoms with van der Waals surface area (Å²) in [5.74, 6) is 0. The number of benzene rings is 1. The molecule has 0 saturated heterocycles. The van der Waals surface area contributed by atoms with Crippen molar-refractivity contribution in [1.29, 1.82) is 15.8 Å². The van der Waals surface area contributed by atoms with Gasteiger partial charge in [-0.1, -0.05) is 18.2 Å². The molecule has 0 aromatic heterocycles. The third kappa shape index (κ3) is 2.81. The van der Waals surface area contributed by atoms with Gasteiger partial charge >= 0.3 is 0 Å². The summed E-state index contributed by atoms with van der Waals surface area (Å²) in [4.78, 5) is 0. The zero-order valence-corrected chi connectivity index (χ0v) is 8.98. The highest BCUT2D eigenvalue weighted by Gasteiger charge is 2.14. The Morgan fingerprint density at radius 1 is 1.06 bits per heavy atom. The molecule has 18 heavy (non-hydrogen) atoms. The lowest BCUT2D eigenvalue weighted by molar-refractivity contribution is 0.152. The molecule has 0 bridgehead atoms. The van der Waals surface area contributed by atoms with Crippen LogP contribution in [0.4, 0.5) is 14.5 Å². The maximum absolute atomic E-state index is 12.7. The summed E-state index contributed by atoms with van der Waals surface area (Å²) in [6.07, 6.45) is -2.72. The summed E-state index contributed by atoms with van der Waals surface area (Å²) in [7, 11) is 0. The first kappa shape index (κ1) is 13.2. The molecule has 88 valence electrons. The third-order valence-electron chi connectivity index (χ3n) is 2.04. The molecule has 0 atom stereocenters. The summed E-state index contributed by atoms with van der Waals surface area (Å²) in [6, 6.07) is 10.1. The summed E-state index contributed by atoms with van der Waals surface area (Å²) in [5.41, 5.74) is -1.12. The van der Waals surface area contributed by atoms with Gasteiger partial charge in [0.05, 0.1) is 0 Å². The van der Waals surface area contributed by atoms with Gasteiger partial charge in [0.25, 0.3) is 6.43 Å². The van der Waals surface area contributed by atoms with Crippen LogP contribution >= 0.6 is 0 Å². The highest BCUT2D eigenvalue weighted by Crippen LogP contribution is 2.27. The fourth-order valence-electron chi connectivity index (χ4n) is 1.22. The molecule has 1 N–H and O–H groups in total. The van der Waals surface area contributed by atoms with Gasteiger partial charge in [0.2, 0.25) is 0 Å². The monoisotopic (exact) mass is 244 g/mol. The molecule has 0 amide bonds. The lowest BCUT2D eigenvalue weighted by Crippen LogP contribution is -2.03. The van der Waals surface area contributed by atoms with E-state index in [4.69, 9.17) is 15.8 Å². The van der Waals surface area contributed by atoms with Gasteiger partial charge in [-0.05, 0) is 6.07 Å². The van der Waals surface area contributed by atoms with Crippen LogP contribution in [0, 0.1) is 34.0 Å². The van der Waals surface area contributed by atoms with Crippen LogP contribution in [-0.2, 0) is 0 Å². The van der Waals surface area contributed by atoms with E-state index < -0.39 is 12.0 Å². The van der Waals surface area contributed by atoms with E-state index in [2.05, 4.69) is 5.32 Å². The lowest BCUT2D eigenvalue weighted by atomic mass is 10.1. The van der Waals surface area contributed by atoms with E-state index in [1.165, 1.54) is 36.4 Å². The zero-order valence-electron chi connectivity index (χ0n) is 8.98. The van der Waals surface area contributed by atoms with Crippen LogP contribution in [0.15, 0.2) is 35.5 Å². The summed E-state index contributed by atoms with van der Waals surface area (Å²) in [5, 5.41) is 28.4. The molecule has 4 nitrogen and oxygen atoms in total. The van der Waals surface area contributed by atoms with Crippen LogP contribution in [0.3, 0.4) is 0 Å². The van der Waals surface area contributed by atoms with E-state index >= 15 is 0 Å². The Morgan fingerprint density at radius 2 is 1.67 bits per heavy atom. The van der Waals surface area contributed by atoms with Gasteiger partial charge in [0.1, 0.15) is 23.9 Å². The first-order chi connectivity index (χ1) is 8.63. The predicted octanol–water partition coefficient (Wildman–Crippen LogP) is 2.86. The van der Waals surface area contributed by atoms with Crippen molar-refractivity contribution in [1.82, 2.24) is 0 Å². The van der Waals surface area contributed by atoms with Crippen molar-refractivity contribution < 1.29 is 8.78 Å². The van der Waals surface area contributed by atoms with Crippen molar-refractivity contribution in [3.05, 3.63) is 41.1 Å². The first-order valence-corrected chi connectivity index (χ1v) is 4.72. The maximum Gasteiger partial charge on any atom is 0.265 e.